The molecule has 5 aliphatic carbocycles. The van der Waals surface area contributed by atoms with Crippen molar-refractivity contribution in [1.82, 2.24) is 0 Å². The largest absolute Gasteiger partial charge is 0.462 e. The van der Waals surface area contributed by atoms with E-state index in [0.717, 1.165) is 64.9 Å². The van der Waals surface area contributed by atoms with Gasteiger partial charge in [-0.2, -0.15) is 0 Å². The van der Waals surface area contributed by atoms with Crippen LogP contribution in [0.25, 0.3) is 0 Å². The normalized spacial score (nSPS) is 42.1. The number of hydrogen-bond acceptors (Lipinski definition) is 4. The number of rotatable bonds is 0. The zero-order chi connectivity index (χ0) is 24.0. The van der Waals surface area contributed by atoms with Gasteiger partial charge in [-0.25, -0.2) is 9.59 Å². The molecule has 3 aliphatic heterocycles. The molecule has 0 saturated heterocycles. The van der Waals surface area contributed by atoms with E-state index in [1.165, 1.54) is 32.1 Å². The summed E-state index contributed by atoms with van der Waals surface area (Å²) in [5.41, 5.74) is 3.51. The molecule has 0 amide bonds. The number of esters is 2. The molecule has 0 aromatic heterocycles. The van der Waals surface area contributed by atoms with Crippen LogP contribution in [0, 0.1) is 59.2 Å². The van der Waals surface area contributed by atoms with Crippen molar-refractivity contribution in [3.05, 3.63) is 70.8 Å². The molecule has 0 radical (unpaired) electrons. The molecule has 4 bridgehead atoms. The fraction of sp³-hybridized carbons (Fsp3) is 0.562. The SMILES string of the molecule is O=C1OC[C@@H]2C[C@H]2[C@@H]2C[C@H]2[C@@H]2C[C@H]2[C@@H]2C[C@H]2[C@@H]2C[C@H]2COC(=O)c2ccc(cc2)Cc2ccc1cc2. The maximum atomic E-state index is 12.6. The predicted octanol–water partition coefficient (Wildman–Crippen LogP) is 5.79. The van der Waals surface area contributed by atoms with Gasteiger partial charge in [0, 0.05) is 0 Å². The standard InChI is InChI=1S/C32H34O4/c33-31-19-5-1-17(2-6-19)9-18-3-7-20(8-4-18)32(34)36-16-22-11-24(22)26-13-28(26)30-14-29(30)27-12-25(27)23-10-21(23)15-35-31/h1-8,21-30H,9-16H2/t21-,22-,23+,24+,25-,26-,27+,28+,29-,30-/m0/s1. The molecule has 5 fully saturated rings. The maximum Gasteiger partial charge on any atom is 0.338 e. The molecule has 0 unspecified atom stereocenters. The van der Waals surface area contributed by atoms with Crippen molar-refractivity contribution in [2.24, 2.45) is 59.2 Å². The summed E-state index contributed by atoms with van der Waals surface area (Å²) < 4.78 is 11.4. The summed E-state index contributed by atoms with van der Waals surface area (Å²) in [7, 11) is 0. The lowest BCUT2D eigenvalue weighted by Gasteiger charge is -2.07. The Balaban J connectivity index is 0.967. The van der Waals surface area contributed by atoms with Crippen LogP contribution in [0.1, 0.15) is 63.9 Å². The van der Waals surface area contributed by atoms with Gasteiger partial charge < -0.3 is 9.47 Å². The molecule has 2 aromatic rings. The average molecular weight is 483 g/mol. The molecule has 10 rings (SSSR count). The Morgan fingerprint density at radius 2 is 0.833 bits per heavy atom. The van der Waals surface area contributed by atoms with Crippen LogP contribution in [0.4, 0.5) is 0 Å². The Labute approximate surface area is 212 Å². The molecule has 4 nitrogen and oxygen atoms in total. The Bertz CT molecular complexity index is 1110. The number of carbonyl (C=O) groups excluding carboxylic acids is 2. The van der Waals surface area contributed by atoms with Crippen molar-refractivity contribution in [2.75, 3.05) is 13.2 Å². The first-order chi connectivity index (χ1) is 17.6. The molecule has 8 aliphatic rings. The van der Waals surface area contributed by atoms with Crippen molar-refractivity contribution < 1.29 is 19.1 Å². The molecule has 0 spiro atoms. The number of benzene rings is 2. The fourth-order valence-electron chi connectivity index (χ4n) is 7.92. The third-order valence-corrected chi connectivity index (χ3v) is 10.5. The van der Waals surface area contributed by atoms with Gasteiger partial charge in [-0.15, -0.1) is 0 Å². The second-order valence-corrected chi connectivity index (χ2v) is 12.8. The van der Waals surface area contributed by atoms with Gasteiger partial charge in [0.1, 0.15) is 0 Å². The number of ether oxygens (including phenoxy) is 2. The van der Waals surface area contributed by atoms with Crippen LogP contribution in [-0.4, -0.2) is 25.2 Å². The zero-order valence-electron chi connectivity index (χ0n) is 20.7. The first-order valence-electron chi connectivity index (χ1n) is 14.1. The van der Waals surface area contributed by atoms with Gasteiger partial charge >= 0.3 is 11.9 Å². The topological polar surface area (TPSA) is 52.6 Å². The van der Waals surface area contributed by atoms with Crippen LogP contribution in [0.3, 0.4) is 0 Å². The van der Waals surface area contributed by atoms with Crippen molar-refractivity contribution in [3.8, 4) is 0 Å². The van der Waals surface area contributed by atoms with Gasteiger partial charge in [0.05, 0.1) is 24.3 Å². The van der Waals surface area contributed by atoms with E-state index in [-0.39, 0.29) is 11.9 Å². The second kappa shape index (κ2) is 7.94. The predicted molar refractivity (Wildman–Crippen MR) is 134 cm³/mol. The molecule has 186 valence electrons. The quantitative estimate of drug-likeness (QED) is 0.447. The van der Waals surface area contributed by atoms with E-state index >= 15 is 0 Å². The minimum atomic E-state index is -0.201. The molecule has 5 saturated carbocycles. The van der Waals surface area contributed by atoms with Crippen LogP contribution in [-0.2, 0) is 15.9 Å². The minimum Gasteiger partial charge on any atom is -0.462 e. The highest BCUT2D eigenvalue weighted by atomic mass is 16.5. The van der Waals surface area contributed by atoms with Gasteiger partial charge in [-0.1, -0.05) is 24.3 Å². The van der Waals surface area contributed by atoms with Crippen LogP contribution >= 0.6 is 0 Å². The lowest BCUT2D eigenvalue weighted by Crippen LogP contribution is -2.09. The smallest absolute Gasteiger partial charge is 0.338 e. The van der Waals surface area contributed by atoms with E-state index in [2.05, 4.69) is 0 Å². The highest BCUT2D eigenvalue weighted by molar-refractivity contribution is 5.90. The van der Waals surface area contributed by atoms with Crippen molar-refractivity contribution in [2.45, 2.75) is 38.5 Å². The lowest BCUT2D eigenvalue weighted by molar-refractivity contribution is 0.0469. The summed E-state index contributed by atoms with van der Waals surface area (Å²) in [5, 5.41) is 0. The summed E-state index contributed by atoms with van der Waals surface area (Å²) in [6.07, 6.45) is 7.53. The molecule has 2 aromatic carbocycles. The molecule has 0 N–H and O–H groups in total. The first-order valence-corrected chi connectivity index (χ1v) is 14.1. The van der Waals surface area contributed by atoms with E-state index in [9.17, 15) is 9.59 Å². The molecule has 10 atom stereocenters. The Morgan fingerprint density at radius 3 is 1.22 bits per heavy atom. The summed E-state index contributed by atoms with van der Waals surface area (Å²) in [6, 6.07) is 15.5. The monoisotopic (exact) mass is 482 g/mol. The van der Waals surface area contributed by atoms with E-state index in [4.69, 9.17) is 9.47 Å². The molecule has 36 heavy (non-hydrogen) atoms. The number of carbonyl (C=O) groups is 2. The van der Waals surface area contributed by atoms with Gasteiger partial charge in [0.2, 0.25) is 0 Å². The number of hydrogen-bond donors (Lipinski definition) is 0. The van der Waals surface area contributed by atoms with Crippen molar-refractivity contribution in [1.29, 1.82) is 0 Å². The van der Waals surface area contributed by atoms with Gasteiger partial charge in [-0.05, 0) is 133 Å². The van der Waals surface area contributed by atoms with Crippen LogP contribution in [0.2, 0.25) is 0 Å². The maximum absolute atomic E-state index is 12.6. The molecule has 4 heteroatoms. The van der Waals surface area contributed by atoms with Gasteiger partial charge in [0.25, 0.3) is 0 Å². The van der Waals surface area contributed by atoms with E-state index in [0.29, 0.717) is 36.2 Å². The van der Waals surface area contributed by atoms with Crippen LogP contribution in [0.15, 0.2) is 48.5 Å². The van der Waals surface area contributed by atoms with Gasteiger partial charge in [0.15, 0.2) is 0 Å². The third kappa shape index (κ3) is 3.97. The Kier molecular flexibility index (Phi) is 4.73. The van der Waals surface area contributed by atoms with Gasteiger partial charge in [-0.3, -0.25) is 0 Å². The van der Waals surface area contributed by atoms with Crippen molar-refractivity contribution >= 4 is 11.9 Å². The lowest BCUT2D eigenvalue weighted by atomic mass is 10.0. The molecule has 3 heterocycles. The van der Waals surface area contributed by atoms with E-state index in [1.54, 1.807) is 0 Å². The number of fused-ring (bicyclic) bond motifs is 2. The zero-order valence-corrected chi connectivity index (χ0v) is 20.7. The van der Waals surface area contributed by atoms with Crippen LogP contribution < -0.4 is 0 Å². The summed E-state index contributed by atoms with van der Waals surface area (Å²) in [4.78, 5) is 25.2. The van der Waals surface area contributed by atoms with E-state index < -0.39 is 0 Å². The fourth-order valence-corrected chi connectivity index (χ4v) is 7.92. The molecular formula is C32H34O4. The highest BCUT2D eigenvalue weighted by Crippen LogP contribution is 2.72. The Morgan fingerprint density at radius 1 is 0.472 bits per heavy atom. The Hall–Kier alpha value is -2.62. The molecular weight excluding hydrogens is 448 g/mol. The highest BCUT2D eigenvalue weighted by Gasteiger charge is 2.66. The average Bonchev–Trinajstić information content (AvgIpc) is 3.71. The summed E-state index contributed by atoms with van der Waals surface area (Å²) in [6.45, 7) is 1.17. The summed E-state index contributed by atoms with van der Waals surface area (Å²) >= 11 is 0. The van der Waals surface area contributed by atoms with Crippen LogP contribution in [0.5, 0.6) is 0 Å². The third-order valence-electron chi connectivity index (χ3n) is 10.5. The van der Waals surface area contributed by atoms with E-state index in [1.807, 2.05) is 48.5 Å². The first kappa shape index (κ1) is 21.5. The second-order valence-electron chi connectivity index (χ2n) is 12.8. The minimum absolute atomic E-state index is 0.201. The summed E-state index contributed by atoms with van der Waals surface area (Å²) in [5.74, 6) is 8.00. The van der Waals surface area contributed by atoms with Crippen molar-refractivity contribution in [3.63, 3.8) is 0 Å².